The smallest absolute Gasteiger partial charge is 0.336 e. The number of nitrogens with one attached hydrogen (secondary N) is 1. The van der Waals surface area contributed by atoms with Crippen LogP contribution in [-0.4, -0.2) is 14.8 Å². The maximum atomic E-state index is 12.4. The number of rotatable bonds is 3. The van der Waals surface area contributed by atoms with Gasteiger partial charge in [0.2, 0.25) is 0 Å². The van der Waals surface area contributed by atoms with E-state index in [1.807, 2.05) is 6.92 Å². The third-order valence-corrected chi connectivity index (χ3v) is 2.68. The van der Waals surface area contributed by atoms with Crippen molar-refractivity contribution in [2.24, 2.45) is 0 Å². The molecule has 0 fully saturated rings. The first-order valence-corrected chi connectivity index (χ1v) is 5.80. The summed E-state index contributed by atoms with van der Waals surface area (Å²) in [5.74, 6) is 0.158. The Balaban J connectivity index is 2.22. The van der Waals surface area contributed by atoms with E-state index in [0.717, 1.165) is 12.3 Å². The minimum atomic E-state index is -4.46. The highest BCUT2D eigenvalue weighted by molar-refractivity contribution is 6.33. The van der Waals surface area contributed by atoms with Gasteiger partial charge in [0.15, 0.2) is 0 Å². The van der Waals surface area contributed by atoms with Crippen LogP contribution in [0.15, 0.2) is 24.7 Å². The molecule has 0 aliphatic rings. The maximum absolute atomic E-state index is 12.4. The molecular formula is C11H10ClF3N4. The number of anilines is 2. The quantitative estimate of drug-likeness (QED) is 0.937. The van der Waals surface area contributed by atoms with Crippen LogP contribution in [0.3, 0.4) is 0 Å². The summed E-state index contributed by atoms with van der Waals surface area (Å²) in [6, 6.07) is 0.834. The van der Waals surface area contributed by atoms with E-state index in [1.165, 1.54) is 0 Å². The molecule has 0 radical (unpaired) electrons. The minimum absolute atomic E-state index is 0.0981. The van der Waals surface area contributed by atoms with E-state index >= 15 is 0 Å². The highest BCUT2D eigenvalue weighted by Crippen LogP contribution is 2.33. The van der Waals surface area contributed by atoms with Crippen molar-refractivity contribution < 1.29 is 13.2 Å². The topological polar surface area (TPSA) is 42.7 Å². The van der Waals surface area contributed by atoms with Gasteiger partial charge in [0, 0.05) is 18.9 Å². The van der Waals surface area contributed by atoms with Gasteiger partial charge >= 0.3 is 6.18 Å². The average molecular weight is 291 g/mol. The molecule has 2 rings (SSSR count). The molecule has 0 atom stereocenters. The van der Waals surface area contributed by atoms with E-state index in [9.17, 15) is 13.2 Å². The van der Waals surface area contributed by atoms with Gasteiger partial charge in [-0.15, -0.1) is 0 Å². The molecule has 2 heterocycles. The molecule has 8 heteroatoms. The van der Waals surface area contributed by atoms with E-state index < -0.39 is 11.7 Å². The van der Waals surface area contributed by atoms with Crippen LogP contribution in [0.1, 0.15) is 12.5 Å². The van der Waals surface area contributed by atoms with Crippen LogP contribution >= 0.6 is 11.6 Å². The summed E-state index contributed by atoms with van der Waals surface area (Å²) < 4.78 is 39.0. The summed E-state index contributed by atoms with van der Waals surface area (Å²) in [5, 5.41) is 6.73. The lowest BCUT2D eigenvalue weighted by molar-refractivity contribution is -0.137. The highest BCUT2D eigenvalue weighted by Gasteiger charge is 2.31. The van der Waals surface area contributed by atoms with Crippen molar-refractivity contribution >= 4 is 23.1 Å². The second-order valence-corrected chi connectivity index (χ2v) is 4.17. The van der Waals surface area contributed by atoms with Crippen molar-refractivity contribution in [1.29, 1.82) is 0 Å². The van der Waals surface area contributed by atoms with Crippen LogP contribution < -0.4 is 5.32 Å². The normalized spacial score (nSPS) is 11.6. The summed E-state index contributed by atoms with van der Waals surface area (Å²) >= 11 is 5.77. The van der Waals surface area contributed by atoms with Crippen molar-refractivity contribution in [2.75, 3.05) is 5.32 Å². The number of nitrogens with zero attached hydrogens (tertiary/aromatic N) is 3. The lowest BCUT2D eigenvalue weighted by Gasteiger charge is -2.09. The molecular weight excluding hydrogens is 281 g/mol. The predicted molar refractivity (Wildman–Crippen MR) is 65.4 cm³/mol. The van der Waals surface area contributed by atoms with Gasteiger partial charge in [0.1, 0.15) is 5.82 Å². The standard InChI is InChI=1S/C11H10ClF3N4/c1-2-19-6-8(5-17-19)18-10-9(12)3-7(4-16-10)11(13,14)15/h3-6H,2H2,1H3,(H,16,18). The number of hydrogen-bond acceptors (Lipinski definition) is 3. The van der Waals surface area contributed by atoms with Crippen LogP contribution in [0, 0.1) is 0 Å². The lowest BCUT2D eigenvalue weighted by Crippen LogP contribution is -2.06. The molecule has 19 heavy (non-hydrogen) atoms. The van der Waals surface area contributed by atoms with E-state index in [1.54, 1.807) is 17.1 Å². The van der Waals surface area contributed by atoms with Crippen LogP contribution in [-0.2, 0) is 12.7 Å². The Morgan fingerprint density at radius 1 is 1.37 bits per heavy atom. The van der Waals surface area contributed by atoms with Crippen LogP contribution in [0.5, 0.6) is 0 Å². The molecule has 0 bridgehead atoms. The molecule has 0 spiro atoms. The van der Waals surface area contributed by atoms with Gasteiger partial charge in [0.25, 0.3) is 0 Å². The molecule has 102 valence electrons. The number of aryl methyl sites for hydroxylation is 1. The molecule has 0 saturated heterocycles. The fourth-order valence-corrected chi connectivity index (χ4v) is 1.64. The van der Waals surface area contributed by atoms with Crippen LogP contribution in [0.25, 0.3) is 0 Å². The van der Waals surface area contributed by atoms with Crippen molar-refractivity contribution in [3.8, 4) is 0 Å². The fourth-order valence-electron chi connectivity index (χ4n) is 1.42. The number of aromatic nitrogens is 3. The molecule has 0 aliphatic heterocycles. The zero-order valence-electron chi connectivity index (χ0n) is 9.87. The van der Waals surface area contributed by atoms with Crippen molar-refractivity contribution in [1.82, 2.24) is 14.8 Å². The fraction of sp³-hybridized carbons (Fsp3) is 0.273. The van der Waals surface area contributed by atoms with E-state index in [4.69, 9.17) is 11.6 Å². The van der Waals surface area contributed by atoms with E-state index in [0.29, 0.717) is 12.2 Å². The van der Waals surface area contributed by atoms with E-state index in [-0.39, 0.29) is 10.8 Å². The second kappa shape index (κ2) is 5.08. The SMILES string of the molecule is CCn1cc(Nc2ncc(C(F)(F)F)cc2Cl)cn1. The van der Waals surface area contributed by atoms with Gasteiger partial charge in [-0.1, -0.05) is 11.6 Å². The van der Waals surface area contributed by atoms with Gasteiger partial charge in [-0.05, 0) is 13.0 Å². The van der Waals surface area contributed by atoms with Crippen LogP contribution in [0.2, 0.25) is 5.02 Å². The maximum Gasteiger partial charge on any atom is 0.417 e. The van der Waals surface area contributed by atoms with Gasteiger partial charge in [0.05, 0.1) is 22.5 Å². The lowest BCUT2D eigenvalue weighted by atomic mass is 10.3. The number of pyridine rings is 1. The first-order chi connectivity index (χ1) is 8.90. The highest BCUT2D eigenvalue weighted by atomic mass is 35.5. The Labute approximate surface area is 112 Å². The minimum Gasteiger partial charge on any atom is -0.336 e. The Morgan fingerprint density at radius 3 is 2.63 bits per heavy atom. The zero-order valence-corrected chi connectivity index (χ0v) is 10.6. The largest absolute Gasteiger partial charge is 0.417 e. The Kier molecular flexibility index (Phi) is 3.66. The van der Waals surface area contributed by atoms with Gasteiger partial charge in [-0.2, -0.15) is 18.3 Å². The molecule has 0 aliphatic carbocycles. The van der Waals surface area contributed by atoms with Crippen LogP contribution in [0.4, 0.5) is 24.7 Å². The van der Waals surface area contributed by atoms with E-state index in [2.05, 4.69) is 15.4 Å². The summed E-state index contributed by atoms with van der Waals surface area (Å²) in [7, 11) is 0. The summed E-state index contributed by atoms with van der Waals surface area (Å²) in [5.41, 5.74) is -0.275. The first-order valence-electron chi connectivity index (χ1n) is 5.42. The molecule has 4 nitrogen and oxygen atoms in total. The molecule has 0 unspecified atom stereocenters. The van der Waals surface area contributed by atoms with Gasteiger partial charge in [-0.3, -0.25) is 4.68 Å². The number of alkyl halides is 3. The Bertz CT molecular complexity index is 580. The Morgan fingerprint density at radius 2 is 2.11 bits per heavy atom. The van der Waals surface area contributed by atoms with Crippen molar-refractivity contribution in [3.63, 3.8) is 0 Å². The summed E-state index contributed by atoms with van der Waals surface area (Å²) in [4.78, 5) is 3.67. The van der Waals surface area contributed by atoms with Crippen molar-refractivity contribution in [3.05, 3.63) is 35.2 Å². The third-order valence-electron chi connectivity index (χ3n) is 2.39. The average Bonchev–Trinajstić information content (AvgIpc) is 2.78. The molecule has 0 amide bonds. The molecule has 0 saturated carbocycles. The number of hydrogen-bond donors (Lipinski definition) is 1. The predicted octanol–water partition coefficient (Wildman–Crippen LogP) is 3.71. The molecule has 1 N–H and O–H groups in total. The first kappa shape index (κ1) is 13.7. The monoisotopic (exact) mass is 290 g/mol. The number of halogens is 4. The summed E-state index contributed by atoms with van der Waals surface area (Å²) in [6.45, 7) is 2.61. The third kappa shape index (κ3) is 3.17. The van der Waals surface area contributed by atoms with Gasteiger partial charge in [-0.25, -0.2) is 4.98 Å². The zero-order chi connectivity index (χ0) is 14.0. The molecule has 2 aromatic rings. The second-order valence-electron chi connectivity index (χ2n) is 3.76. The van der Waals surface area contributed by atoms with Crippen molar-refractivity contribution in [2.45, 2.75) is 19.6 Å². The van der Waals surface area contributed by atoms with Gasteiger partial charge < -0.3 is 5.32 Å². The summed E-state index contributed by atoms with van der Waals surface area (Å²) in [6.07, 6.45) is -0.477. The molecule has 2 aromatic heterocycles. The Hall–Kier alpha value is -1.76. The molecule has 0 aromatic carbocycles.